The van der Waals surface area contributed by atoms with E-state index in [1.54, 1.807) is 0 Å². The molecule has 0 unspecified atom stereocenters. The van der Waals surface area contributed by atoms with Crippen molar-refractivity contribution >= 4 is 18.0 Å². The summed E-state index contributed by atoms with van der Waals surface area (Å²) >= 11 is 0. The third kappa shape index (κ3) is 7.53. The number of hydrogen-bond donors (Lipinski definition) is 3. The first-order chi connectivity index (χ1) is 15.5. The second-order valence-electron chi connectivity index (χ2n) is 9.23. The van der Waals surface area contributed by atoms with Crippen molar-refractivity contribution in [1.29, 1.82) is 0 Å². The van der Waals surface area contributed by atoms with Crippen LogP contribution in [0.2, 0.25) is 0 Å². The molecule has 1 aromatic rings. The maximum atomic E-state index is 12.2. The van der Waals surface area contributed by atoms with Gasteiger partial charge in [-0.1, -0.05) is 49.6 Å². The van der Waals surface area contributed by atoms with Gasteiger partial charge >= 0.3 is 12.1 Å². The quantitative estimate of drug-likeness (QED) is 0.397. The number of benzene rings is 1. The van der Waals surface area contributed by atoms with Crippen molar-refractivity contribution in [3.63, 3.8) is 0 Å². The van der Waals surface area contributed by atoms with E-state index in [9.17, 15) is 14.4 Å². The lowest BCUT2D eigenvalue weighted by Gasteiger charge is -2.31. The number of carboxylic acids is 1. The number of ether oxygens (including phenoxy) is 1. The Balaban J connectivity index is 1.31. The summed E-state index contributed by atoms with van der Waals surface area (Å²) in [6, 6.07) is 9.42. The van der Waals surface area contributed by atoms with Crippen LogP contribution < -0.4 is 10.6 Å². The minimum absolute atomic E-state index is 0.0807. The van der Waals surface area contributed by atoms with Crippen molar-refractivity contribution in [2.45, 2.75) is 64.4 Å². The van der Waals surface area contributed by atoms with Crippen molar-refractivity contribution in [3.8, 4) is 0 Å². The highest BCUT2D eigenvalue weighted by molar-refractivity contribution is 5.82. The first kappa shape index (κ1) is 24.1. The molecular weight excluding hydrogens is 408 g/mol. The molecule has 2 aliphatic rings. The molecule has 7 nitrogen and oxygen atoms in total. The summed E-state index contributed by atoms with van der Waals surface area (Å²) < 4.78 is 5.14. The molecule has 0 radical (unpaired) electrons. The molecule has 2 amide bonds. The van der Waals surface area contributed by atoms with Gasteiger partial charge in [-0.05, 0) is 61.3 Å². The average Bonchev–Trinajstić information content (AvgIpc) is 3.39. The molecule has 32 heavy (non-hydrogen) atoms. The van der Waals surface area contributed by atoms with Gasteiger partial charge in [0.05, 0.1) is 6.54 Å². The van der Waals surface area contributed by atoms with E-state index in [1.165, 1.54) is 25.7 Å². The number of alkyl carbamates (subject to hydrolysis) is 1. The minimum atomic E-state index is -0.715. The lowest BCUT2D eigenvalue weighted by molar-refractivity contribution is -0.137. The number of carboxylic acid groups (broad SMARTS) is 1. The maximum absolute atomic E-state index is 12.2. The lowest BCUT2D eigenvalue weighted by Crippen LogP contribution is -2.41. The molecule has 0 aromatic heterocycles. The fraction of sp³-hybridized carbons (Fsp3) is 0.640. The van der Waals surface area contributed by atoms with Crippen molar-refractivity contribution in [1.82, 2.24) is 10.6 Å². The van der Waals surface area contributed by atoms with Crippen molar-refractivity contribution in [3.05, 3.63) is 35.9 Å². The molecule has 7 heteroatoms. The van der Waals surface area contributed by atoms with Crippen LogP contribution in [0.15, 0.2) is 30.3 Å². The van der Waals surface area contributed by atoms with Gasteiger partial charge in [0.1, 0.15) is 6.61 Å². The molecule has 2 aliphatic carbocycles. The molecule has 2 saturated carbocycles. The number of rotatable bonds is 13. The number of fused-ring (bicyclic) bond motifs is 2. The van der Waals surface area contributed by atoms with Crippen molar-refractivity contribution < 1.29 is 24.2 Å². The van der Waals surface area contributed by atoms with Gasteiger partial charge in [-0.2, -0.15) is 0 Å². The van der Waals surface area contributed by atoms with E-state index < -0.39 is 12.1 Å². The summed E-state index contributed by atoms with van der Waals surface area (Å²) in [5.41, 5.74) is 0.899. The van der Waals surface area contributed by atoms with Gasteiger partial charge < -0.3 is 20.5 Å². The maximum Gasteiger partial charge on any atom is 0.407 e. The summed E-state index contributed by atoms with van der Waals surface area (Å²) in [6.45, 7) is 0.768. The molecule has 0 spiro atoms. The van der Waals surface area contributed by atoms with Crippen LogP contribution >= 0.6 is 0 Å². The van der Waals surface area contributed by atoms with Crippen LogP contribution in [0.1, 0.15) is 63.4 Å². The third-order valence-corrected chi connectivity index (χ3v) is 7.09. The molecule has 3 N–H and O–H groups in total. The SMILES string of the molecule is O=C(O)CCCCCC[C@H]1[C@H]2CC[C@H](C2)[C@H]1CNC(=O)CNC(=O)OCc1ccccc1. The standard InChI is InChI=1S/C25H36N2O5/c28-23(16-27-25(31)32-17-18-8-4-3-5-9-18)26-15-22-20-13-12-19(14-20)21(22)10-6-1-2-7-11-24(29)30/h3-5,8-9,19-22H,1-2,6-7,10-17H2,(H,26,28)(H,27,31)(H,29,30)/t19-,20+,21-,22+/m0/s1. The number of amides is 2. The van der Waals surface area contributed by atoms with Crippen LogP contribution in [0.25, 0.3) is 0 Å². The summed E-state index contributed by atoms with van der Waals surface area (Å²) in [4.78, 5) is 34.7. The normalized spacial score (nSPS) is 23.6. The Morgan fingerprint density at radius 1 is 0.938 bits per heavy atom. The van der Waals surface area contributed by atoms with Gasteiger partial charge in [-0.15, -0.1) is 0 Å². The zero-order valence-electron chi connectivity index (χ0n) is 18.8. The number of nitrogens with one attached hydrogen (secondary N) is 2. The van der Waals surface area contributed by atoms with E-state index in [4.69, 9.17) is 9.84 Å². The molecule has 3 rings (SSSR count). The van der Waals surface area contributed by atoms with Gasteiger partial charge in [0.25, 0.3) is 0 Å². The highest BCUT2D eigenvalue weighted by Crippen LogP contribution is 2.53. The number of unbranched alkanes of at least 4 members (excludes halogenated alkanes) is 3. The molecule has 1 aromatic carbocycles. The van der Waals surface area contributed by atoms with E-state index in [2.05, 4.69) is 10.6 Å². The molecule has 4 atom stereocenters. The lowest BCUT2D eigenvalue weighted by atomic mass is 9.76. The van der Waals surface area contributed by atoms with Gasteiger partial charge in [0, 0.05) is 13.0 Å². The van der Waals surface area contributed by atoms with E-state index in [1.807, 2.05) is 30.3 Å². The predicted molar refractivity (Wildman–Crippen MR) is 121 cm³/mol. The third-order valence-electron chi connectivity index (χ3n) is 7.09. The summed E-state index contributed by atoms with van der Waals surface area (Å²) in [5.74, 6) is 1.73. The number of hydrogen-bond acceptors (Lipinski definition) is 4. The van der Waals surface area contributed by atoms with E-state index in [-0.39, 0.29) is 25.5 Å². The minimum Gasteiger partial charge on any atom is -0.481 e. The van der Waals surface area contributed by atoms with Crippen LogP contribution in [-0.2, 0) is 20.9 Å². The van der Waals surface area contributed by atoms with E-state index in [0.29, 0.717) is 24.3 Å². The van der Waals surface area contributed by atoms with Gasteiger partial charge in [-0.3, -0.25) is 9.59 Å². The smallest absolute Gasteiger partial charge is 0.407 e. The van der Waals surface area contributed by atoms with Crippen molar-refractivity contribution in [2.24, 2.45) is 23.7 Å². The highest BCUT2D eigenvalue weighted by Gasteiger charge is 2.46. The Labute approximate surface area is 190 Å². The van der Waals surface area contributed by atoms with Gasteiger partial charge in [0.2, 0.25) is 5.91 Å². The number of carbonyl (C=O) groups excluding carboxylic acids is 2. The summed E-state index contributed by atoms with van der Waals surface area (Å²) in [7, 11) is 0. The molecule has 0 heterocycles. The first-order valence-corrected chi connectivity index (χ1v) is 12.0. The molecule has 0 saturated heterocycles. The molecule has 2 fully saturated rings. The van der Waals surface area contributed by atoms with Crippen molar-refractivity contribution in [2.75, 3.05) is 13.1 Å². The van der Waals surface area contributed by atoms with Crippen LogP contribution in [0.3, 0.4) is 0 Å². The van der Waals surface area contributed by atoms with Crippen LogP contribution in [-0.4, -0.2) is 36.2 Å². The Kier molecular flexibility index (Phi) is 9.38. The highest BCUT2D eigenvalue weighted by atomic mass is 16.5. The van der Waals surface area contributed by atoms with Gasteiger partial charge in [-0.25, -0.2) is 4.79 Å². The Bertz CT molecular complexity index is 754. The second kappa shape index (κ2) is 12.5. The van der Waals surface area contributed by atoms with Gasteiger partial charge in [0.15, 0.2) is 0 Å². The van der Waals surface area contributed by atoms with E-state index in [0.717, 1.165) is 37.2 Å². The molecule has 0 aliphatic heterocycles. The van der Waals surface area contributed by atoms with Crippen LogP contribution in [0.5, 0.6) is 0 Å². The fourth-order valence-corrected chi connectivity index (χ4v) is 5.53. The number of carbonyl (C=O) groups is 3. The topological polar surface area (TPSA) is 105 Å². The Morgan fingerprint density at radius 3 is 2.41 bits per heavy atom. The molecular formula is C25H36N2O5. The average molecular weight is 445 g/mol. The Morgan fingerprint density at radius 2 is 1.66 bits per heavy atom. The molecule has 2 bridgehead atoms. The Hall–Kier alpha value is -2.57. The molecule has 176 valence electrons. The van der Waals surface area contributed by atoms with E-state index >= 15 is 0 Å². The fourth-order valence-electron chi connectivity index (χ4n) is 5.53. The monoisotopic (exact) mass is 444 g/mol. The van der Waals surface area contributed by atoms with Crippen LogP contribution in [0, 0.1) is 23.7 Å². The zero-order valence-corrected chi connectivity index (χ0v) is 18.8. The summed E-state index contributed by atoms with van der Waals surface area (Å²) in [6.07, 6.45) is 8.60. The zero-order chi connectivity index (χ0) is 22.8. The van der Waals surface area contributed by atoms with Crippen LogP contribution in [0.4, 0.5) is 4.79 Å². The second-order valence-corrected chi connectivity index (χ2v) is 9.23. The largest absolute Gasteiger partial charge is 0.481 e. The number of aliphatic carboxylic acids is 1. The predicted octanol–water partition coefficient (Wildman–Crippen LogP) is 4.12. The summed E-state index contributed by atoms with van der Waals surface area (Å²) in [5, 5.41) is 14.3. The first-order valence-electron chi connectivity index (χ1n) is 12.0.